The first-order chi connectivity index (χ1) is 12.9. The van der Waals surface area contributed by atoms with Crippen LogP contribution in [0.3, 0.4) is 0 Å². The molecule has 1 aromatic carbocycles. The molecule has 0 aliphatic rings. The summed E-state index contributed by atoms with van der Waals surface area (Å²) >= 11 is 0. The number of rotatable bonds is 8. The maximum atomic E-state index is 12.3. The van der Waals surface area contributed by atoms with Crippen LogP contribution in [0.15, 0.2) is 42.6 Å². The largest absolute Gasteiger partial charge is 0.475 e. The third kappa shape index (κ3) is 5.81. The summed E-state index contributed by atoms with van der Waals surface area (Å²) in [6.07, 6.45) is 1.53. The molecule has 27 heavy (non-hydrogen) atoms. The molecular formula is C21H27N3O3. The average molecular weight is 369 g/mol. The molecule has 0 spiro atoms. The number of carbonyl (C=O) groups excluding carboxylic acids is 2. The van der Waals surface area contributed by atoms with E-state index in [1.165, 1.54) is 6.20 Å². The van der Waals surface area contributed by atoms with Crippen molar-refractivity contribution in [1.82, 2.24) is 15.2 Å². The zero-order valence-electron chi connectivity index (χ0n) is 16.4. The second-order valence-electron chi connectivity index (χ2n) is 6.41. The fourth-order valence-corrected chi connectivity index (χ4v) is 2.57. The second kappa shape index (κ2) is 9.71. The molecule has 1 heterocycles. The van der Waals surface area contributed by atoms with E-state index in [1.54, 1.807) is 29.2 Å². The highest BCUT2D eigenvalue weighted by Gasteiger charge is 2.12. The lowest BCUT2D eigenvalue weighted by atomic mass is 10.1. The van der Waals surface area contributed by atoms with Crippen LogP contribution in [0.5, 0.6) is 5.88 Å². The lowest BCUT2D eigenvalue weighted by Gasteiger charge is -2.18. The molecular weight excluding hydrogens is 342 g/mol. The van der Waals surface area contributed by atoms with Crippen LogP contribution in [0.2, 0.25) is 0 Å². The number of benzene rings is 1. The fourth-order valence-electron chi connectivity index (χ4n) is 2.57. The molecule has 1 N–H and O–H groups in total. The smallest absolute Gasteiger partial charge is 0.253 e. The maximum absolute atomic E-state index is 12.3. The van der Waals surface area contributed by atoms with Crippen LogP contribution in [0.25, 0.3) is 0 Å². The van der Waals surface area contributed by atoms with Gasteiger partial charge in [-0.15, -0.1) is 0 Å². The van der Waals surface area contributed by atoms with Crippen LogP contribution in [-0.4, -0.2) is 40.9 Å². The molecule has 2 rings (SSSR count). The Kier molecular flexibility index (Phi) is 7.34. The minimum Gasteiger partial charge on any atom is -0.475 e. The van der Waals surface area contributed by atoms with Gasteiger partial charge in [0.1, 0.15) is 0 Å². The van der Waals surface area contributed by atoms with Crippen molar-refractivity contribution in [1.29, 1.82) is 0 Å². The predicted octanol–water partition coefficient (Wildman–Crippen LogP) is 3.28. The Morgan fingerprint density at radius 2 is 1.67 bits per heavy atom. The van der Waals surface area contributed by atoms with Gasteiger partial charge in [0.05, 0.1) is 11.7 Å². The number of pyridine rings is 1. The van der Waals surface area contributed by atoms with E-state index >= 15 is 0 Å². The molecule has 2 amide bonds. The molecule has 0 radical (unpaired) electrons. The minimum atomic E-state index is -0.207. The van der Waals surface area contributed by atoms with Gasteiger partial charge in [0.15, 0.2) is 0 Å². The number of ether oxygens (including phenoxy) is 1. The summed E-state index contributed by atoms with van der Waals surface area (Å²) in [7, 11) is 0. The Hall–Kier alpha value is -2.89. The van der Waals surface area contributed by atoms with Crippen molar-refractivity contribution < 1.29 is 14.3 Å². The van der Waals surface area contributed by atoms with Crippen molar-refractivity contribution in [3.63, 3.8) is 0 Å². The molecule has 0 saturated carbocycles. The van der Waals surface area contributed by atoms with Crippen LogP contribution in [-0.2, 0) is 6.54 Å². The van der Waals surface area contributed by atoms with Gasteiger partial charge in [0.25, 0.3) is 11.8 Å². The predicted molar refractivity (Wildman–Crippen MR) is 105 cm³/mol. The van der Waals surface area contributed by atoms with Crippen LogP contribution in [0.1, 0.15) is 54.0 Å². The molecule has 0 atom stereocenters. The van der Waals surface area contributed by atoms with Crippen LogP contribution in [0, 0.1) is 0 Å². The van der Waals surface area contributed by atoms with E-state index in [9.17, 15) is 9.59 Å². The molecule has 1 aromatic heterocycles. The van der Waals surface area contributed by atoms with E-state index in [0.717, 1.165) is 5.56 Å². The normalized spacial score (nSPS) is 10.6. The van der Waals surface area contributed by atoms with E-state index in [2.05, 4.69) is 10.3 Å². The van der Waals surface area contributed by atoms with Crippen LogP contribution < -0.4 is 10.1 Å². The minimum absolute atomic E-state index is 0.0189. The highest BCUT2D eigenvalue weighted by molar-refractivity contribution is 5.94. The maximum Gasteiger partial charge on any atom is 0.253 e. The molecule has 0 aliphatic carbocycles. The number of hydrogen-bond donors (Lipinski definition) is 1. The summed E-state index contributed by atoms with van der Waals surface area (Å²) in [6, 6.07) is 10.7. The van der Waals surface area contributed by atoms with E-state index in [0.29, 0.717) is 36.6 Å². The third-order valence-corrected chi connectivity index (χ3v) is 4.06. The number of aromatic nitrogens is 1. The summed E-state index contributed by atoms with van der Waals surface area (Å²) in [5.74, 6) is 0.308. The molecule has 0 aliphatic heterocycles. The van der Waals surface area contributed by atoms with Crippen molar-refractivity contribution >= 4 is 11.8 Å². The first-order valence-electron chi connectivity index (χ1n) is 9.23. The number of nitrogens with zero attached hydrogens (tertiary/aromatic N) is 2. The van der Waals surface area contributed by atoms with E-state index in [1.807, 2.05) is 39.8 Å². The van der Waals surface area contributed by atoms with Gasteiger partial charge in [-0.05, 0) is 51.5 Å². The van der Waals surface area contributed by atoms with Gasteiger partial charge in [-0.3, -0.25) is 9.59 Å². The van der Waals surface area contributed by atoms with E-state index in [4.69, 9.17) is 4.74 Å². The van der Waals surface area contributed by atoms with Gasteiger partial charge in [-0.1, -0.05) is 12.1 Å². The Morgan fingerprint density at radius 1 is 1.04 bits per heavy atom. The van der Waals surface area contributed by atoms with Gasteiger partial charge in [0, 0.05) is 37.5 Å². The van der Waals surface area contributed by atoms with Gasteiger partial charge in [-0.2, -0.15) is 0 Å². The Morgan fingerprint density at radius 3 is 2.19 bits per heavy atom. The molecule has 6 heteroatoms. The SMILES string of the molecule is CCN(CC)C(=O)c1ccc(CNC(=O)c2ccc(OC(C)C)nc2)cc1. The Labute approximate surface area is 160 Å². The first kappa shape index (κ1) is 20.4. The summed E-state index contributed by atoms with van der Waals surface area (Å²) in [5.41, 5.74) is 2.05. The van der Waals surface area contributed by atoms with Gasteiger partial charge >= 0.3 is 0 Å². The van der Waals surface area contributed by atoms with Crippen molar-refractivity contribution in [2.75, 3.05) is 13.1 Å². The summed E-state index contributed by atoms with van der Waals surface area (Å²) in [6.45, 7) is 9.50. The Bertz CT molecular complexity index is 751. The summed E-state index contributed by atoms with van der Waals surface area (Å²) in [4.78, 5) is 30.5. The number of nitrogens with one attached hydrogen (secondary N) is 1. The molecule has 0 fully saturated rings. The standard InChI is InChI=1S/C21H27N3O3/c1-5-24(6-2)21(26)17-9-7-16(8-10-17)13-23-20(25)18-11-12-19(22-14-18)27-15(3)4/h7-12,14-15H,5-6,13H2,1-4H3,(H,23,25). The zero-order valence-corrected chi connectivity index (χ0v) is 16.4. The number of amides is 2. The summed E-state index contributed by atoms with van der Waals surface area (Å²) < 4.78 is 5.47. The van der Waals surface area contributed by atoms with E-state index < -0.39 is 0 Å². The summed E-state index contributed by atoms with van der Waals surface area (Å²) in [5, 5.41) is 2.85. The zero-order chi connectivity index (χ0) is 19.8. The highest BCUT2D eigenvalue weighted by atomic mass is 16.5. The average Bonchev–Trinajstić information content (AvgIpc) is 2.67. The molecule has 144 valence electrons. The molecule has 6 nitrogen and oxygen atoms in total. The van der Waals surface area contributed by atoms with Crippen molar-refractivity contribution in [3.05, 3.63) is 59.3 Å². The molecule has 0 saturated heterocycles. The third-order valence-electron chi connectivity index (χ3n) is 4.06. The monoisotopic (exact) mass is 369 g/mol. The fraction of sp³-hybridized carbons (Fsp3) is 0.381. The molecule has 2 aromatic rings. The van der Waals surface area contributed by atoms with Gasteiger partial charge in [0.2, 0.25) is 5.88 Å². The van der Waals surface area contributed by atoms with Crippen molar-refractivity contribution in [2.24, 2.45) is 0 Å². The topological polar surface area (TPSA) is 71.5 Å². The molecule has 0 unspecified atom stereocenters. The highest BCUT2D eigenvalue weighted by Crippen LogP contribution is 2.11. The molecule has 0 bridgehead atoms. The van der Waals surface area contributed by atoms with Crippen molar-refractivity contribution in [3.8, 4) is 5.88 Å². The lowest BCUT2D eigenvalue weighted by Crippen LogP contribution is -2.30. The Balaban J connectivity index is 1.92. The number of carbonyl (C=O) groups is 2. The van der Waals surface area contributed by atoms with Crippen molar-refractivity contribution in [2.45, 2.75) is 40.3 Å². The lowest BCUT2D eigenvalue weighted by molar-refractivity contribution is 0.0772. The quantitative estimate of drug-likeness (QED) is 0.775. The van der Waals surface area contributed by atoms with Gasteiger partial charge < -0.3 is 15.0 Å². The van der Waals surface area contributed by atoms with E-state index in [-0.39, 0.29) is 17.9 Å². The first-order valence-corrected chi connectivity index (χ1v) is 9.23. The van der Waals surface area contributed by atoms with Crippen LogP contribution >= 0.6 is 0 Å². The van der Waals surface area contributed by atoms with Gasteiger partial charge in [-0.25, -0.2) is 4.98 Å². The van der Waals surface area contributed by atoms with Crippen LogP contribution in [0.4, 0.5) is 0 Å². The number of hydrogen-bond acceptors (Lipinski definition) is 4. The second-order valence-corrected chi connectivity index (χ2v) is 6.41.